The van der Waals surface area contributed by atoms with Crippen molar-refractivity contribution in [2.24, 2.45) is 151 Å². The van der Waals surface area contributed by atoms with Crippen LogP contribution in [0.4, 0.5) is 0 Å². The van der Waals surface area contributed by atoms with Crippen molar-refractivity contribution in [3.63, 3.8) is 0 Å². The number of ether oxygens (including phenoxy) is 1. The van der Waals surface area contributed by atoms with Gasteiger partial charge < -0.3 is 24.2 Å². The van der Waals surface area contributed by atoms with Crippen LogP contribution in [-0.2, 0) is 43.1 Å². The molecule has 0 aromatic carbocycles. The molecule has 1 N–H and O–H groups in total. The smallest absolute Gasteiger partial charge is 0.312 e. The highest BCUT2D eigenvalue weighted by molar-refractivity contribution is 6.06. The number of imidazole rings is 1. The van der Waals surface area contributed by atoms with E-state index in [2.05, 4.69) is 123 Å². The molecule has 1 aromatic rings. The molecule has 1 heterocycles. The number of rotatable bonds is 3. The van der Waals surface area contributed by atoms with Gasteiger partial charge in [-0.1, -0.05) is 180 Å². The van der Waals surface area contributed by atoms with E-state index in [1.165, 1.54) is 7.11 Å². The summed E-state index contributed by atoms with van der Waals surface area (Å²) >= 11 is 0. The molecule has 0 aliphatic heterocycles. The number of aliphatic carboxylic acids is 1. The predicted molar refractivity (Wildman–Crippen MR) is 432 cm³/mol. The lowest BCUT2D eigenvalue weighted by Gasteiger charge is -2.69. The molecule has 16 rings (SSSR count). The van der Waals surface area contributed by atoms with Gasteiger partial charge in [-0.15, -0.1) is 0 Å². The quantitative estimate of drug-likeness (QED) is 0.221. The Bertz CT molecular complexity index is 4740. The van der Waals surface area contributed by atoms with Gasteiger partial charge in [0, 0.05) is 62.6 Å². The number of esters is 1. The van der Waals surface area contributed by atoms with E-state index in [1.54, 1.807) is 23.3 Å². The first-order valence-electron chi connectivity index (χ1n) is 42.7. The largest absolute Gasteiger partial charge is 0.481 e. The van der Waals surface area contributed by atoms with Crippen molar-refractivity contribution in [3.05, 3.63) is 123 Å². The second kappa shape index (κ2) is 25.4. The summed E-state index contributed by atoms with van der Waals surface area (Å²) in [4.78, 5) is 138. The number of carbonyl (C=O) groups excluding carboxylic acids is 8. The first-order valence-corrected chi connectivity index (χ1v) is 42.7. The number of allylic oxidation sites excluding steroid dienone is 12. The lowest BCUT2D eigenvalue weighted by atomic mass is 9.34. The maximum Gasteiger partial charge on any atom is 0.312 e. The van der Waals surface area contributed by atoms with Gasteiger partial charge in [0.05, 0.1) is 43.1 Å². The van der Waals surface area contributed by atoms with Crippen molar-refractivity contribution in [2.75, 3.05) is 7.11 Å². The van der Waals surface area contributed by atoms with Crippen LogP contribution in [0.1, 0.15) is 285 Å². The van der Waals surface area contributed by atoms with Gasteiger partial charge in [-0.2, -0.15) is 0 Å². The van der Waals surface area contributed by atoms with Crippen molar-refractivity contribution in [3.8, 4) is 0 Å². The van der Waals surface area contributed by atoms with Gasteiger partial charge in [0.25, 0.3) is 0 Å². The van der Waals surface area contributed by atoms with E-state index in [-0.39, 0.29) is 166 Å². The van der Waals surface area contributed by atoms with Crippen molar-refractivity contribution in [1.29, 1.82) is 0 Å². The van der Waals surface area contributed by atoms with Crippen LogP contribution in [0.2, 0.25) is 0 Å². The summed E-state index contributed by atoms with van der Waals surface area (Å²) < 4.78 is 7.06. The van der Waals surface area contributed by atoms with E-state index >= 15 is 0 Å². The second-order valence-corrected chi connectivity index (χ2v) is 45.2. The van der Waals surface area contributed by atoms with Crippen molar-refractivity contribution < 1.29 is 53.0 Å². The molecule has 0 bridgehead atoms. The third-order valence-corrected chi connectivity index (χ3v) is 37.7. The molecule has 0 amide bonds. The Labute approximate surface area is 672 Å². The van der Waals surface area contributed by atoms with Crippen LogP contribution < -0.4 is 0 Å². The number of carbonyl (C=O) groups is 9. The number of ketones is 6. The maximum absolute atomic E-state index is 14.6. The predicted octanol–water partition coefficient (Wildman–Crippen LogP) is 20.5. The van der Waals surface area contributed by atoms with Crippen LogP contribution in [0.5, 0.6) is 0 Å². The molecule has 0 radical (unpaired) electrons. The summed E-state index contributed by atoms with van der Waals surface area (Å²) in [6.07, 6.45) is 33.5. The Hall–Kier alpha value is -7.25. The SMILES string of the molecule is [C-]#[N+]C1=C[C@]2(C)C3=CC(=O)C4C5CC(C)(C)CC[C@]5(C(=O)O)CC[C@@]4(C)[C@]3(C)CC[C@H]2C(C)(C)C1=O.[C-]#[N+]C1=C[C@]2(C)C3=CC(=O)C4C5CC(C)(C)CC[C@]5(C(=O)OC)CC[C@@]4(C)[C@]3(C)CC[C@H]2C(C)(C)C1=O.[C-]#[N+]C1=C[C@]2(C)C3=CC(=O)C4C5CC(C)(C)CC[C@]5(C(=O)n5ccnc5)CC[C@@]4(C)[C@]3(C)CC[C@H]2C(C)(C)C1=O. The third-order valence-electron chi connectivity index (χ3n) is 37.7. The minimum absolute atomic E-state index is 0.0116. The van der Waals surface area contributed by atoms with Crippen LogP contribution >= 0.6 is 0 Å². The minimum atomic E-state index is -0.825. The van der Waals surface area contributed by atoms with Crippen molar-refractivity contribution >= 4 is 52.5 Å². The molecule has 15 aliphatic carbocycles. The van der Waals surface area contributed by atoms with E-state index < -0.39 is 54.7 Å². The number of carboxylic acids is 1. The standard InChI is InChI=1S/C34H43N3O3.C32H43NO4.C31H41NO4/c1-29(2)11-13-34(28(40)37-16-15-36-20-37)14-12-33(7)26(21(34)18-29)23(38)17-25-31(5)19-22(35-8)27(39)30(3,4)24(31)9-10-32(25,33)6;1-27(2)12-14-32(26(36)37-9)15-13-31(7)24(19(32)17-27)21(34)16-23-29(5)18-20(33-8)25(35)28(3,4)22(29)10-11-30(23,31)6;1-26(2)11-13-31(25(35)36)14-12-30(7)23(18(31)16-26)20(33)15-22-28(5)17-19(32-8)24(34)27(3,4)21(28)9-10-29(22,30)6/h15-17,19-21,24,26H,9-14,18H2,1-7H3;16,18-19,22,24H,10-15,17H2,1-7,9H3;15,17-18,21,23H,9-14,16H2,1-7H3,(H,35,36)/t21?,24-,26?,31-,32+,33+,34-;19?,22-,24?,29-,30+,31+,32-;18?,21-,23?,28-,29+,30+,31-/m000/s1. The zero-order valence-corrected chi connectivity index (χ0v) is 72.0. The van der Waals surface area contributed by atoms with Crippen LogP contribution in [-0.4, -0.2) is 74.3 Å². The van der Waals surface area contributed by atoms with Gasteiger partial charge >= 0.3 is 11.9 Å². The fourth-order valence-corrected chi connectivity index (χ4v) is 30.7. The van der Waals surface area contributed by atoms with Crippen LogP contribution in [0.25, 0.3) is 14.5 Å². The summed E-state index contributed by atoms with van der Waals surface area (Å²) in [6.45, 7) is 68.8. The average Bonchev–Trinajstić information content (AvgIpc) is 0.840. The molecular weight excluding hydrogens is 1410 g/mol. The highest BCUT2D eigenvalue weighted by Gasteiger charge is 2.76. The molecule has 0 spiro atoms. The van der Waals surface area contributed by atoms with Crippen LogP contribution in [0.3, 0.4) is 0 Å². The molecule has 9 saturated carbocycles. The number of fused-ring (bicyclic) bond motifs is 21. The number of aromatic nitrogens is 2. The number of carboxylic acid groups (broad SMARTS) is 1. The molecule has 606 valence electrons. The van der Waals surface area contributed by atoms with E-state index in [0.717, 1.165) is 132 Å². The first kappa shape index (κ1) is 82.3. The number of hydrogen-bond donors (Lipinski definition) is 1. The summed E-state index contributed by atoms with van der Waals surface area (Å²) in [5.41, 5.74) is -3.47. The molecule has 0 saturated heterocycles. The minimum Gasteiger partial charge on any atom is -0.481 e. The summed E-state index contributed by atoms with van der Waals surface area (Å²) in [5, 5.41) is 10.5. The number of Topliss-reactive ketones (excluding diaryl/α,β-unsaturated/α-hetero) is 3. The van der Waals surface area contributed by atoms with Gasteiger partial charge in [-0.3, -0.25) is 33.3 Å². The van der Waals surface area contributed by atoms with Gasteiger partial charge in [-0.05, 0) is 237 Å². The zero-order chi connectivity index (χ0) is 83.2. The molecule has 6 unspecified atom stereocenters. The fourth-order valence-electron chi connectivity index (χ4n) is 30.7. The highest BCUT2D eigenvalue weighted by atomic mass is 16.5. The number of nitrogens with zero attached hydrogens (tertiary/aromatic N) is 5. The molecule has 113 heavy (non-hydrogen) atoms. The van der Waals surface area contributed by atoms with E-state index in [4.69, 9.17) is 24.5 Å². The third kappa shape index (κ3) is 10.7. The number of methoxy groups -OCH3 is 1. The summed E-state index contributed by atoms with van der Waals surface area (Å²) in [6, 6.07) is 0. The van der Waals surface area contributed by atoms with E-state index in [0.29, 0.717) is 19.3 Å². The van der Waals surface area contributed by atoms with Gasteiger partial charge in [0.2, 0.25) is 23.0 Å². The van der Waals surface area contributed by atoms with Gasteiger partial charge in [0.15, 0.2) is 34.7 Å². The second-order valence-electron chi connectivity index (χ2n) is 45.2. The van der Waals surface area contributed by atoms with Crippen LogP contribution in [0, 0.1) is 170 Å². The normalized spacial score (nSPS) is 45.1. The van der Waals surface area contributed by atoms with Gasteiger partial charge in [0.1, 0.15) is 6.33 Å². The Morgan fingerprint density at radius 2 is 0.717 bits per heavy atom. The Balaban J connectivity index is 0.000000141. The van der Waals surface area contributed by atoms with Crippen LogP contribution in [0.15, 0.2) is 89.0 Å². The lowest BCUT2D eigenvalue weighted by Crippen LogP contribution is -2.66. The highest BCUT2D eigenvalue weighted by Crippen LogP contribution is 2.79. The van der Waals surface area contributed by atoms with E-state index in [1.807, 2.05) is 78.0 Å². The molecule has 21 atom stereocenters. The molecule has 9 fully saturated rings. The average molecular weight is 1540 g/mol. The van der Waals surface area contributed by atoms with Gasteiger partial charge in [-0.25, -0.2) is 19.5 Å². The monoisotopic (exact) mass is 1540 g/mol. The maximum atomic E-state index is 14.6. The molecule has 1 aromatic heterocycles. The molecule has 16 nitrogen and oxygen atoms in total. The lowest BCUT2D eigenvalue weighted by molar-refractivity contribution is -0.191. The Kier molecular flexibility index (Phi) is 18.5. The Morgan fingerprint density at radius 3 is 1.03 bits per heavy atom. The molecule has 16 heteroatoms. The zero-order valence-electron chi connectivity index (χ0n) is 72.0. The number of hydrogen-bond acceptors (Lipinski definition) is 11. The Morgan fingerprint density at radius 1 is 0.425 bits per heavy atom. The summed E-state index contributed by atoms with van der Waals surface area (Å²) in [7, 11) is 1.49. The summed E-state index contributed by atoms with van der Waals surface area (Å²) in [5.74, 6) is -1.70. The van der Waals surface area contributed by atoms with Crippen molar-refractivity contribution in [1.82, 2.24) is 9.55 Å². The van der Waals surface area contributed by atoms with E-state index in [9.17, 15) is 48.3 Å². The topological polar surface area (TPSA) is 214 Å². The molecular formula is C97H127N5O11. The molecule has 15 aliphatic rings. The fraction of sp³-hybridized carbons (Fsp3) is 0.722. The van der Waals surface area contributed by atoms with Crippen molar-refractivity contribution in [2.45, 2.75) is 280 Å². The first-order chi connectivity index (χ1) is 52.1.